The third-order valence-corrected chi connectivity index (χ3v) is 6.74. The Bertz CT molecular complexity index is 964. The molecule has 0 unspecified atom stereocenters. The summed E-state index contributed by atoms with van der Waals surface area (Å²) in [6, 6.07) is 0. The van der Waals surface area contributed by atoms with Gasteiger partial charge in [0.25, 0.3) is 17.8 Å². The second-order valence-corrected chi connectivity index (χ2v) is 14.1. The average molecular weight is 745 g/mol. The summed E-state index contributed by atoms with van der Waals surface area (Å²) in [5, 5.41) is 5.50. The SMILES string of the molecule is CN(CC=O)C(=O)OC(C)(C)C.CN(CCN1CCC(F)(F)C1)C(=O)OC(C)(C)C.CNCCN1CCC(F)(F)C1.Cl.FC1(F)CCNC1. The number of likely N-dealkylation sites (tertiary alicyclic amines) is 2. The maximum absolute atomic E-state index is 13.0. The highest BCUT2D eigenvalue weighted by Crippen LogP contribution is 2.27. The number of nitrogens with zero attached hydrogens (tertiary/aromatic N) is 4. The van der Waals surface area contributed by atoms with Gasteiger partial charge in [-0.2, -0.15) is 0 Å². The molecule has 0 radical (unpaired) electrons. The van der Waals surface area contributed by atoms with Gasteiger partial charge in [0.15, 0.2) is 0 Å². The summed E-state index contributed by atoms with van der Waals surface area (Å²) < 4.78 is 84.9. The van der Waals surface area contributed by atoms with E-state index in [2.05, 4.69) is 10.6 Å². The lowest BCUT2D eigenvalue weighted by Crippen LogP contribution is -2.39. The molecule has 3 heterocycles. The number of carbonyl (C=O) groups is 3. The molecule has 2 amide bonds. The van der Waals surface area contributed by atoms with Crippen molar-refractivity contribution in [1.82, 2.24) is 30.2 Å². The van der Waals surface area contributed by atoms with E-state index >= 15 is 0 Å². The van der Waals surface area contributed by atoms with E-state index in [-0.39, 0.29) is 57.8 Å². The number of halogens is 7. The lowest BCUT2D eigenvalue weighted by atomic mass is 10.2. The number of rotatable bonds is 8. The predicted molar refractivity (Wildman–Crippen MR) is 179 cm³/mol. The second kappa shape index (κ2) is 22.0. The van der Waals surface area contributed by atoms with E-state index in [0.717, 1.165) is 13.1 Å². The Morgan fingerprint density at radius 2 is 1.24 bits per heavy atom. The quantitative estimate of drug-likeness (QED) is 0.267. The van der Waals surface area contributed by atoms with Gasteiger partial charge in [0, 0.05) is 79.2 Å². The molecule has 0 saturated carbocycles. The van der Waals surface area contributed by atoms with Crippen molar-refractivity contribution in [1.29, 1.82) is 0 Å². The lowest BCUT2D eigenvalue weighted by molar-refractivity contribution is -0.108. The highest BCUT2D eigenvalue weighted by molar-refractivity contribution is 5.85. The summed E-state index contributed by atoms with van der Waals surface area (Å²) in [4.78, 5) is 38.9. The summed E-state index contributed by atoms with van der Waals surface area (Å²) in [6.07, 6.45) is -0.306. The summed E-state index contributed by atoms with van der Waals surface area (Å²) >= 11 is 0. The fraction of sp³-hybridized carbons (Fsp3) is 0.903. The van der Waals surface area contributed by atoms with Crippen LogP contribution in [-0.2, 0) is 14.3 Å². The number of ether oxygens (including phenoxy) is 2. The van der Waals surface area contributed by atoms with Crippen LogP contribution in [0.5, 0.6) is 0 Å². The number of hydrogen-bond donors (Lipinski definition) is 2. The van der Waals surface area contributed by atoms with Crippen molar-refractivity contribution in [3.8, 4) is 0 Å². The Hall–Kier alpha value is -2.08. The standard InChI is InChI=1S/C12H22F2N2O2.C8H15NO3.C7H14F2N2.C4H7F2N.ClH/c1-11(2,3)18-10(17)15(4)7-8-16-6-5-12(13,14)9-16;1-8(2,3)12-7(11)9(4)5-6-10;1-10-3-5-11-4-2-7(8,9)6-11;5-4(6)1-2-7-3-4;/h5-9H2,1-4H3;6H,5H2,1-4H3;10H,2-6H2,1H3;7H,1-3H2;1H. The van der Waals surface area contributed by atoms with Crippen molar-refractivity contribution in [3.63, 3.8) is 0 Å². The molecule has 3 saturated heterocycles. The Morgan fingerprint density at radius 1 is 0.796 bits per heavy atom. The van der Waals surface area contributed by atoms with Gasteiger partial charge in [0.2, 0.25) is 0 Å². The molecule has 0 spiro atoms. The molecule has 3 fully saturated rings. The molecule has 0 aromatic rings. The summed E-state index contributed by atoms with van der Waals surface area (Å²) in [6.45, 7) is 14.1. The number of hydrogen-bond acceptors (Lipinski definition) is 9. The number of amides is 2. The Labute approximate surface area is 294 Å². The molecule has 49 heavy (non-hydrogen) atoms. The maximum atomic E-state index is 13.0. The smallest absolute Gasteiger partial charge is 0.410 e. The number of nitrogens with one attached hydrogen (secondary N) is 2. The minimum atomic E-state index is -2.58. The van der Waals surface area contributed by atoms with E-state index in [1.807, 2.05) is 7.05 Å². The topological polar surface area (TPSA) is 107 Å². The molecule has 2 N–H and O–H groups in total. The predicted octanol–water partition coefficient (Wildman–Crippen LogP) is 4.83. The highest BCUT2D eigenvalue weighted by Gasteiger charge is 2.38. The van der Waals surface area contributed by atoms with Crippen LogP contribution in [-0.4, -0.2) is 160 Å². The Kier molecular flexibility index (Phi) is 22.0. The number of alkyl halides is 6. The van der Waals surface area contributed by atoms with Gasteiger partial charge in [-0.3, -0.25) is 9.80 Å². The molecular weight excluding hydrogens is 686 g/mol. The van der Waals surface area contributed by atoms with Crippen LogP contribution in [0.1, 0.15) is 60.8 Å². The van der Waals surface area contributed by atoms with Crippen molar-refractivity contribution >= 4 is 30.9 Å². The molecule has 0 bridgehead atoms. The van der Waals surface area contributed by atoms with Gasteiger partial charge in [0.1, 0.15) is 17.5 Å². The van der Waals surface area contributed by atoms with Gasteiger partial charge in [-0.05, 0) is 48.6 Å². The van der Waals surface area contributed by atoms with Crippen LogP contribution in [0.15, 0.2) is 0 Å². The first-order valence-electron chi connectivity index (χ1n) is 16.1. The van der Waals surface area contributed by atoms with Crippen LogP contribution < -0.4 is 10.6 Å². The maximum Gasteiger partial charge on any atom is 0.410 e. The summed E-state index contributed by atoms with van der Waals surface area (Å²) in [7, 11) is 4.96. The largest absolute Gasteiger partial charge is 0.444 e. The van der Waals surface area contributed by atoms with Crippen LogP contribution in [0.3, 0.4) is 0 Å². The van der Waals surface area contributed by atoms with Gasteiger partial charge in [-0.1, -0.05) is 0 Å². The molecule has 292 valence electrons. The van der Waals surface area contributed by atoms with E-state index in [1.165, 1.54) is 16.8 Å². The first kappa shape index (κ1) is 49.0. The molecule has 0 aromatic heterocycles. The molecule has 3 aliphatic heterocycles. The zero-order chi connectivity index (χ0) is 37.4. The number of carbonyl (C=O) groups excluding carboxylic acids is 3. The van der Waals surface area contributed by atoms with Crippen LogP contribution in [0.25, 0.3) is 0 Å². The monoisotopic (exact) mass is 744 g/mol. The second-order valence-electron chi connectivity index (χ2n) is 14.1. The molecule has 0 aliphatic carbocycles. The van der Waals surface area contributed by atoms with Crippen molar-refractivity contribution in [3.05, 3.63) is 0 Å². The van der Waals surface area contributed by atoms with Crippen molar-refractivity contribution in [2.24, 2.45) is 0 Å². The van der Waals surface area contributed by atoms with Crippen molar-refractivity contribution < 1.29 is 50.2 Å². The third-order valence-electron chi connectivity index (χ3n) is 6.74. The molecule has 3 aliphatic rings. The van der Waals surface area contributed by atoms with Gasteiger partial charge < -0.3 is 34.7 Å². The Balaban J connectivity index is 0. The van der Waals surface area contributed by atoms with E-state index in [4.69, 9.17) is 9.47 Å². The summed E-state index contributed by atoms with van der Waals surface area (Å²) in [5.41, 5.74) is -1.04. The third kappa shape index (κ3) is 25.5. The summed E-state index contributed by atoms with van der Waals surface area (Å²) in [5.74, 6) is -7.43. The van der Waals surface area contributed by atoms with Gasteiger partial charge in [-0.25, -0.2) is 35.9 Å². The molecule has 11 nitrogen and oxygen atoms in total. The van der Waals surface area contributed by atoms with E-state index in [0.29, 0.717) is 39.0 Å². The van der Waals surface area contributed by atoms with Crippen LogP contribution in [0.4, 0.5) is 35.9 Å². The molecular formula is C31H59ClF6N6O5. The minimum Gasteiger partial charge on any atom is -0.444 e. The van der Waals surface area contributed by atoms with Crippen LogP contribution in [0, 0.1) is 0 Å². The van der Waals surface area contributed by atoms with E-state index in [9.17, 15) is 40.7 Å². The average Bonchev–Trinajstić information content (AvgIpc) is 3.61. The zero-order valence-corrected chi connectivity index (χ0v) is 31.3. The number of aldehydes is 1. The van der Waals surface area contributed by atoms with E-state index < -0.39 is 41.2 Å². The molecule has 3 rings (SSSR count). The number of likely N-dealkylation sites (N-methyl/N-ethyl adjacent to an activating group) is 3. The molecule has 0 aromatic carbocycles. The first-order chi connectivity index (χ1) is 21.8. The van der Waals surface area contributed by atoms with E-state index in [1.54, 1.807) is 58.4 Å². The zero-order valence-electron chi connectivity index (χ0n) is 30.5. The van der Waals surface area contributed by atoms with Crippen LogP contribution in [0.2, 0.25) is 0 Å². The fourth-order valence-corrected chi connectivity index (χ4v) is 4.15. The highest BCUT2D eigenvalue weighted by atomic mass is 35.5. The lowest BCUT2D eigenvalue weighted by Gasteiger charge is -2.26. The van der Waals surface area contributed by atoms with Crippen molar-refractivity contribution in [2.75, 3.05) is 93.1 Å². The molecule has 18 heteroatoms. The Morgan fingerprint density at radius 3 is 1.55 bits per heavy atom. The van der Waals surface area contributed by atoms with Gasteiger partial charge >= 0.3 is 12.2 Å². The molecule has 0 atom stereocenters. The van der Waals surface area contributed by atoms with Crippen LogP contribution >= 0.6 is 12.4 Å². The fourth-order valence-electron chi connectivity index (χ4n) is 4.15. The van der Waals surface area contributed by atoms with Crippen molar-refractivity contribution in [2.45, 2.75) is 89.8 Å². The normalized spacial score (nSPS) is 19.4. The first-order valence-corrected chi connectivity index (χ1v) is 16.1. The van der Waals surface area contributed by atoms with Gasteiger partial charge in [-0.15, -0.1) is 12.4 Å². The van der Waals surface area contributed by atoms with Gasteiger partial charge in [0.05, 0.1) is 26.2 Å². The minimum absolute atomic E-state index is 0.